The van der Waals surface area contributed by atoms with E-state index in [0.29, 0.717) is 11.8 Å². The number of nitrogens with one attached hydrogen (secondary N) is 2. The third-order valence-corrected chi connectivity index (χ3v) is 4.24. The van der Waals surface area contributed by atoms with Crippen LogP contribution in [0.1, 0.15) is 15.9 Å². The van der Waals surface area contributed by atoms with Gasteiger partial charge in [0.15, 0.2) is 6.61 Å². The fraction of sp³-hybridized carbons (Fsp3) is 0.318. The molecule has 0 aliphatic carbocycles. The number of hydrogen-bond acceptors (Lipinski definition) is 7. The maximum atomic E-state index is 13.0. The van der Waals surface area contributed by atoms with Crippen molar-refractivity contribution < 1.29 is 46.5 Å². The Kier molecular flexibility index (Phi) is 9.68. The van der Waals surface area contributed by atoms with Crippen LogP contribution in [0.2, 0.25) is 0 Å². The second kappa shape index (κ2) is 12.4. The summed E-state index contributed by atoms with van der Waals surface area (Å²) in [6.07, 6.45) is -4.64. The average Bonchev–Trinajstić information content (AvgIpc) is 2.81. The second-order valence-electron chi connectivity index (χ2n) is 6.64. The minimum absolute atomic E-state index is 0.0196. The van der Waals surface area contributed by atoms with Gasteiger partial charge < -0.3 is 29.6 Å². The predicted molar refractivity (Wildman–Crippen MR) is 114 cm³/mol. The fourth-order valence-corrected chi connectivity index (χ4v) is 2.63. The molecule has 0 saturated carbocycles. The van der Waals surface area contributed by atoms with Crippen LogP contribution in [0.3, 0.4) is 0 Å². The maximum Gasteiger partial charge on any atom is 0.416 e. The topological polar surface area (TPSA) is 112 Å². The summed E-state index contributed by atoms with van der Waals surface area (Å²) in [6.45, 7) is -1.13. The molecule has 0 atom stereocenters. The molecule has 2 amide bonds. The highest BCUT2D eigenvalue weighted by Crippen LogP contribution is 2.35. The SMILES string of the molecule is COCCOc1ccc(C(F)(F)F)cc1NC(=O)COC(=O)CNC(=O)c1ccccc1OC. The maximum absolute atomic E-state index is 13.0. The van der Waals surface area contributed by atoms with E-state index in [9.17, 15) is 27.6 Å². The summed E-state index contributed by atoms with van der Waals surface area (Å²) in [5.74, 6) is -2.15. The van der Waals surface area contributed by atoms with Gasteiger partial charge >= 0.3 is 12.1 Å². The van der Waals surface area contributed by atoms with E-state index in [1.807, 2.05) is 0 Å². The largest absolute Gasteiger partial charge is 0.496 e. The number of halogens is 3. The number of rotatable bonds is 11. The molecule has 0 aliphatic heterocycles. The van der Waals surface area contributed by atoms with E-state index in [4.69, 9.17) is 18.9 Å². The van der Waals surface area contributed by atoms with E-state index >= 15 is 0 Å². The number of carbonyl (C=O) groups excluding carboxylic acids is 3. The molecule has 0 aliphatic rings. The first-order valence-corrected chi connectivity index (χ1v) is 9.85. The van der Waals surface area contributed by atoms with Gasteiger partial charge in [-0.3, -0.25) is 14.4 Å². The van der Waals surface area contributed by atoms with Crippen molar-refractivity contribution in [1.29, 1.82) is 0 Å². The quantitative estimate of drug-likeness (QED) is 0.373. The molecule has 184 valence electrons. The Balaban J connectivity index is 1.93. The van der Waals surface area contributed by atoms with Crippen LogP contribution >= 0.6 is 0 Å². The highest BCUT2D eigenvalue weighted by atomic mass is 19.4. The van der Waals surface area contributed by atoms with Crippen LogP contribution in [-0.4, -0.2) is 58.4 Å². The van der Waals surface area contributed by atoms with E-state index in [1.165, 1.54) is 20.3 Å². The van der Waals surface area contributed by atoms with E-state index < -0.39 is 42.7 Å². The number of methoxy groups -OCH3 is 2. The summed E-state index contributed by atoms with van der Waals surface area (Å²) in [4.78, 5) is 36.2. The lowest BCUT2D eigenvalue weighted by Crippen LogP contribution is -2.32. The Morgan fingerprint density at radius 1 is 0.971 bits per heavy atom. The molecule has 0 saturated heterocycles. The van der Waals surface area contributed by atoms with Gasteiger partial charge in [0.05, 0.1) is 30.5 Å². The second-order valence-corrected chi connectivity index (χ2v) is 6.64. The Bertz CT molecular complexity index is 1010. The number of amides is 2. The number of para-hydroxylation sites is 1. The molecule has 0 spiro atoms. The number of alkyl halides is 3. The highest BCUT2D eigenvalue weighted by Gasteiger charge is 2.31. The molecule has 0 unspecified atom stereocenters. The molecule has 2 rings (SSSR count). The van der Waals surface area contributed by atoms with Crippen LogP contribution in [0.25, 0.3) is 0 Å². The lowest BCUT2D eigenvalue weighted by Gasteiger charge is -2.15. The molecule has 2 aromatic carbocycles. The molecule has 0 bridgehead atoms. The summed E-state index contributed by atoms with van der Waals surface area (Å²) < 4.78 is 59.1. The number of anilines is 1. The number of benzene rings is 2. The van der Waals surface area contributed by atoms with Gasteiger partial charge in [0, 0.05) is 7.11 Å². The van der Waals surface area contributed by atoms with Crippen molar-refractivity contribution in [3.8, 4) is 11.5 Å². The van der Waals surface area contributed by atoms with Gasteiger partial charge in [0.1, 0.15) is 24.7 Å². The Hall–Kier alpha value is -3.80. The van der Waals surface area contributed by atoms with Crippen LogP contribution in [0.4, 0.5) is 18.9 Å². The number of ether oxygens (including phenoxy) is 4. The molecular weight excluding hydrogens is 461 g/mol. The van der Waals surface area contributed by atoms with E-state index in [1.54, 1.807) is 18.2 Å². The molecule has 12 heteroatoms. The normalized spacial score (nSPS) is 10.9. The van der Waals surface area contributed by atoms with Crippen molar-refractivity contribution in [3.05, 3.63) is 53.6 Å². The van der Waals surface area contributed by atoms with E-state index in [2.05, 4.69) is 10.6 Å². The number of hydrogen-bond donors (Lipinski definition) is 2. The lowest BCUT2D eigenvalue weighted by atomic mass is 10.1. The van der Waals surface area contributed by atoms with Gasteiger partial charge in [0.2, 0.25) is 0 Å². The Morgan fingerprint density at radius 3 is 2.38 bits per heavy atom. The van der Waals surface area contributed by atoms with Gasteiger partial charge in [-0.25, -0.2) is 0 Å². The molecule has 9 nitrogen and oxygen atoms in total. The van der Waals surface area contributed by atoms with Crippen molar-refractivity contribution in [3.63, 3.8) is 0 Å². The number of carbonyl (C=O) groups is 3. The van der Waals surface area contributed by atoms with Crippen molar-refractivity contribution in [1.82, 2.24) is 5.32 Å². The van der Waals surface area contributed by atoms with Gasteiger partial charge in [-0.1, -0.05) is 12.1 Å². The molecule has 34 heavy (non-hydrogen) atoms. The summed E-state index contributed by atoms with van der Waals surface area (Å²) in [5.41, 5.74) is -1.06. The third kappa shape index (κ3) is 7.96. The third-order valence-electron chi connectivity index (χ3n) is 4.24. The smallest absolute Gasteiger partial charge is 0.416 e. The van der Waals surface area contributed by atoms with Crippen LogP contribution in [0.15, 0.2) is 42.5 Å². The summed E-state index contributed by atoms with van der Waals surface area (Å²) in [6, 6.07) is 8.92. The van der Waals surface area contributed by atoms with Crippen molar-refractivity contribution in [2.75, 3.05) is 45.9 Å². The zero-order valence-corrected chi connectivity index (χ0v) is 18.4. The van der Waals surface area contributed by atoms with Crippen LogP contribution in [-0.2, 0) is 25.2 Å². The van der Waals surface area contributed by atoms with Gasteiger partial charge in [-0.05, 0) is 30.3 Å². The summed E-state index contributed by atoms with van der Waals surface area (Å²) in [7, 11) is 2.81. The standard InChI is InChI=1S/C22H23F3N2O7/c1-31-9-10-33-18-8-7-14(22(23,24)25)11-16(18)27-19(28)13-34-20(29)12-26-21(30)15-5-3-4-6-17(15)32-2/h3-8,11H,9-10,12-13H2,1-2H3,(H,26,30)(H,27,28). The van der Waals surface area contributed by atoms with Gasteiger partial charge in [0.25, 0.3) is 11.8 Å². The van der Waals surface area contributed by atoms with E-state index in [0.717, 1.165) is 12.1 Å². The van der Waals surface area contributed by atoms with Crippen molar-refractivity contribution in [2.24, 2.45) is 0 Å². The zero-order chi connectivity index (χ0) is 25.1. The average molecular weight is 484 g/mol. The molecule has 0 heterocycles. The van der Waals surface area contributed by atoms with Gasteiger partial charge in [-0.2, -0.15) is 13.2 Å². The molecule has 0 fully saturated rings. The molecule has 2 N–H and O–H groups in total. The first-order chi connectivity index (χ1) is 16.2. The van der Waals surface area contributed by atoms with Crippen LogP contribution in [0, 0.1) is 0 Å². The first-order valence-electron chi connectivity index (χ1n) is 9.85. The fourth-order valence-electron chi connectivity index (χ4n) is 2.63. The lowest BCUT2D eigenvalue weighted by molar-refractivity contribution is -0.146. The Morgan fingerprint density at radius 2 is 1.71 bits per heavy atom. The van der Waals surface area contributed by atoms with Crippen molar-refractivity contribution in [2.45, 2.75) is 6.18 Å². The van der Waals surface area contributed by atoms with Crippen LogP contribution < -0.4 is 20.1 Å². The molecule has 0 aromatic heterocycles. The molecule has 0 radical (unpaired) electrons. The summed E-state index contributed by atoms with van der Waals surface area (Å²) >= 11 is 0. The van der Waals surface area contributed by atoms with E-state index in [-0.39, 0.29) is 30.2 Å². The summed E-state index contributed by atoms with van der Waals surface area (Å²) in [5, 5.41) is 4.55. The monoisotopic (exact) mass is 484 g/mol. The first kappa shape index (κ1) is 26.5. The van der Waals surface area contributed by atoms with Crippen molar-refractivity contribution >= 4 is 23.5 Å². The number of esters is 1. The Labute approximate surface area is 193 Å². The predicted octanol–water partition coefficient (Wildman–Crippen LogP) is 2.65. The minimum Gasteiger partial charge on any atom is -0.496 e. The highest BCUT2D eigenvalue weighted by molar-refractivity contribution is 5.98. The zero-order valence-electron chi connectivity index (χ0n) is 18.4. The molecular formula is C22H23F3N2O7. The van der Waals surface area contributed by atoms with Crippen LogP contribution in [0.5, 0.6) is 11.5 Å². The van der Waals surface area contributed by atoms with Gasteiger partial charge in [-0.15, -0.1) is 0 Å². The molecule has 2 aromatic rings. The minimum atomic E-state index is -4.64.